The molecule has 0 spiro atoms. The van der Waals surface area contributed by atoms with Gasteiger partial charge in [0.25, 0.3) is 0 Å². The fourth-order valence-corrected chi connectivity index (χ4v) is 5.43. The van der Waals surface area contributed by atoms with Gasteiger partial charge < -0.3 is 20.0 Å². The Labute approximate surface area is 221 Å². The van der Waals surface area contributed by atoms with Crippen LogP contribution in [-0.2, 0) is 4.79 Å². The number of amides is 1. The zero-order valence-corrected chi connectivity index (χ0v) is 21.9. The number of carbonyl (C=O) groups excluding carboxylic acids is 1. The van der Waals surface area contributed by atoms with Gasteiger partial charge in [0.05, 0.1) is 6.04 Å². The molecule has 2 heterocycles. The minimum Gasteiger partial charge on any atom is -0.369 e. The van der Waals surface area contributed by atoms with E-state index in [1.807, 2.05) is 12.1 Å². The number of hydrogen-bond donors (Lipinski definition) is 1. The molecular weight excluding hydrogens is 458 g/mol. The van der Waals surface area contributed by atoms with E-state index in [0.717, 1.165) is 64.6 Å². The standard InChI is InChI=1S/C31H39N5O/c1-33-18-22-35(23-19-33)29-14-12-28(13-15-29)32-30(37)16-17-34-20-24-36(25-21-34)31(26-8-4-2-5-9-26)27-10-6-3-7-11-27/h2-15,31H,16-25H2,1H3,(H,32,37). The number of benzene rings is 3. The van der Waals surface area contributed by atoms with Gasteiger partial charge in [-0.3, -0.25) is 9.69 Å². The number of nitrogens with zero attached hydrogens (tertiary/aromatic N) is 4. The van der Waals surface area contributed by atoms with Crippen LogP contribution in [0.2, 0.25) is 0 Å². The highest BCUT2D eigenvalue weighted by Gasteiger charge is 2.26. The first-order valence-corrected chi connectivity index (χ1v) is 13.6. The maximum absolute atomic E-state index is 12.7. The molecule has 1 amide bonds. The molecule has 6 nitrogen and oxygen atoms in total. The zero-order chi connectivity index (χ0) is 25.5. The quantitative estimate of drug-likeness (QED) is 0.506. The summed E-state index contributed by atoms with van der Waals surface area (Å²) in [6.07, 6.45) is 0.515. The topological polar surface area (TPSA) is 42.1 Å². The van der Waals surface area contributed by atoms with Gasteiger partial charge >= 0.3 is 0 Å². The molecule has 0 saturated carbocycles. The monoisotopic (exact) mass is 497 g/mol. The van der Waals surface area contributed by atoms with E-state index in [0.29, 0.717) is 6.42 Å². The van der Waals surface area contributed by atoms with E-state index in [4.69, 9.17) is 0 Å². The summed E-state index contributed by atoms with van der Waals surface area (Å²) in [5.74, 6) is 0.0845. The molecule has 194 valence electrons. The highest BCUT2D eigenvalue weighted by atomic mass is 16.1. The van der Waals surface area contributed by atoms with Crippen molar-refractivity contribution in [2.24, 2.45) is 0 Å². The smallest absolute Gasteiger partial charge is 0.225 e. The fourth-order valence-electron chi connectivity index (χ4n) is 5.43. The van der Waals surface area contributed by atoms with Crippen molar-refractivity contribution in [2.75, 3.05) is 76.2 Å². The van der Waals surface area contributed by atoms with Gasteiger partial charge in [0.1, 0.15) is 0 Å². The molecule has 3 aromatic rings. The summed E-state index contributed by atoms with van der Waals surface area (Å²) >= 11 is 0. The van der Waals surface area contributed by atoms with Crippen LogP contribution in [-0.4, -0.2) is 86.6 Å². The molecular formula is C31H39N5O. The van der Waals surface area contributed by atoms with E-state index < -0.39 is 0 Å². The summed E-state index contributed by atoms with van der Waals surface area (Å²) in [6.45, 7) is 9.00. The van der Waals surface area contributed by atoms with Crippen LogP contribution in [0.1, 0.15) is 23.6 Å². The minimum atomic E-state index is 0.0845. The molecule has 2 aliphatic rings. The van der Waals surface area contributed by atoms with Gasteiger partial charge in [0.2, 0.25) is 5.91 Å². The summed E-state index contributed by atoms with van der Waals surface area (Å²) in [6, 6.07) is 30.1. The van der Waals surface area contributed by atoms with Crippen molar-refractivity contribution in [1.29, 1.82) is 0 Å². The van der Waals surface area contributed by atoms with Crippen LogP contribution >= 0.6 is 0 Å². The van der Waals surface area contributed by atoms with Crippen molar-refractivity contribution in [3.63, 3.8) is 0 Å². The third-order valence-corrected chi connectivity index (χ3v) is 7.68. The van der Waals surface area contributed by atoms with Crippen molar-refractivity contribution in [1.82, 2.24) is 14.7 Å². The maximum atomic E-state index is 12.7. The Morgan fingerprint density at radius 2 is 1.30 bits per heavy atom. The van der Waals surface area contributed by atoms with Gasteiger partial charge in [-0.2, -0.15) is 0 Å². The van der Waals surface area contributed by atoms with Crippen LogP contribution in [0.4, 0.5) is 11.4 Å². The highest BCUT2D eigenvalue weighted by molar-refractivity contribution is 5.91. The molecule has 0 atom stereocenters. The third-order valence-electron chi connectivity index (χ3n) is 7.68. The summed E-state index contributed by atoms with van der Waals surface area (Å²) < 4.78 is 0. The first-order chi connectivity index (χ1) is 18.2. The molecule has 3 aromatic carbocycles. The van der Waals surface area contributed by atoms with E-state index in [9.17, 15) is 4.79 Å². The molecule has 2 fully saturated rings. The summed E-state index contributed by atoms with van der Waals surface area (Å²) in [4.78, 5) is 22.4. The molecule has 0 unspecified atom stereocenters. The molecule has 0 bridgehead atoms. The largest absolute Gasteiger partial charge is 0.369 e. The molecule has 5 rings (SSSR count). The second-order valence-corrected chi connectivity index (χ2v) is 10.2. The van der Waals surface area contributed by atoms with E-state index in [1.165, 1.54) is 16.8 Å². The Morgan fingerprint density at radius 3 is 1.86 bits per heavy atom. The Kier molecular flexibility index (Phi) is 8.51. The van der Waals surface area contributed by atoms with Crippen LogP contribution in [0.25, 0.3) is 0 Å². The Morgan fingerprint density at radius 1 is 0.730 bits per heavy atom. The molecule has 0 aromatic heterocycles. The lowest BCUT2D eigenvalue weighted by atomic mass is 9.96. The molecule has 2 aliphatic heterocycles. The molecule has 0 radical (unpaired) electrons. The van der Waals surface area contributed by atoms with E-state index >= 15 is 0 Å². The molecule has 1 N–H and O–H groups in total. The van der Waals surface area contributed by atoms with Crippen LogP contribution in [0.5, 0.6) is 0 Å². The molecule has 2 saturated heterocycles. The Balaban J connectivity index is 1.09. The first kappa shape index (κ1) is 25.5. The number of likely N-dealkylation sites (N-methyl/N-ethyl adjacent to an activating group) is 1. The average Bonchev–Trinajstić information content (AvgIpc) is 2.95. The lowest BCUT2D eigenvalue weighted by Crippen LogP contribution is -2.48. The molecule has 6 heteroatoms. The lowest BCUT2D eigenvalue weighted by Gasteiger charge is -2.39. The third kappa shape index (κ3) is 6.77. The van der Waals surface area contributed by atoms with Crippen LogP contribution in [0.3, 0.4) is 0 Å². The average molecular weight is 498 g/mol. The van der Waals surface area contributed by atoms with Crippen molar-refractivity contribution in [2.45, 2.75) is 12.5 Å². The summed E-state index contributed by atoms with van der Waals surface area (Å²) in [7, 11) is 2.17. The van der Waals surface area contributed by atoms with Crippen molar-refractivity contribution < 1.29 is 4.79 Å². The fraction of sp³-hybridized carbons (Fsp3) is 0.387. The molecule has 0 aliphatic carbocycles. The van der Waals surface area contributed by atoms with Gasteiger partial charge in [0.15, 0.2) is 0 Å². The van der Waals surface area contributed by atoms with Crippen molar-refractivity contribution in [3.8, 4) is 0 Å². The number of nitrogens with one attached hydrogen (secondary N) is 1. The zero-order valence-electron chi connectivity index (χ0n) is 21.9. The number of piperazine rings is 2. The minimum absolute atomic E-state index is 0.0845. The number of hydrogen-bond acceptors (Lipinski definition) is 5. The summed E-state index contributed by atoms with van der Waals surface area (Å²) in [5, 5.41) is 3.09. The lowest BCUT2D eigenvalue weighted by molar-refractivity contribution is -0.116. The SMILES string of the molecule is CN1CCN(c2ccc(NC(=O)CCN3CCN(C(c4ccccc4)c4ccccc4)CC3)cc2)CC1. The summed E-state index contributed by atoms with van der Waals surface area (Å²) in [5.41, 5.74) is 4.77. The number of carbonyl (C=O) groups is 1. The normalized spacial score (nSPS) is 17.7. The number of anilines is 2. The van der Waals surface area contributed by atoms with Crippen LogP contribution in [0.15, 0.2) is 84.9 Å². The van der Waals surface area contributed by atoms with E-state index in [-0.39, 0.29) is 11.9 Å². The Hall–Kier alpha value is -3.19. The predicted molar refractivity (Wildman–Crippen MR) is 152 cm³/mol. The van der Waals surface area contributed by atoms with Gasteiger partial charge in [0, 0.05) is 76.7 Å². The second kappa shape index (κ2) is 12.4. The van der Waals surface area contributed by atoms with Crippen LogP contribution < -0.4 is 10.2 Å². The van der Waals surface area contributed by atoms with Crippen molar-refractivity contribution in [3.05, 3.63) is 96.1 Å². The van der Waals surface area contributed by atoms with Crippen LogP contribution in [0, 0.1) is 0 Å². The van der Waals surface area contributed by atoms with Crippen molar-refractivity contribution >= 4 is 17.3 Å². The van der Waals surface area contributed by atoms with E-state index in [1.54, 1.807) is 0 Å². The first-order valence-electron chi connectivity index (χ1n) is 13.6. The number of rotatable bonds is 8. The van der Waals surface area contributed by atoms with Gasteiger partial charge in [-0.15, -0.1) is 0 Å². The molecule has 37 heavy (non-hydrogen) atoms. The van der Waals surface area contributed by atoms with Gasteiger partial charge in [-0.05, 0) is 42.4 Å². The second-order valence-electron chi connectivity index (χ2n) is 10.2. The maximum Gasteiger partial charge on any atom is 0.225 e. The van der Waals surface area contributed by atoms with Gasteiger partial charge in [-0.25, -0.2) is 0 Å². The Bertz CT molecular complexity index is 1070. The predicted octanol–water partition coefficient (Wildman–Crippen LogP) is 4.17. The van der Waals surface area contributed by atoms with E-state index in [2.05, 4.69) is 105 Å². The highest BCUT2D eigenvalue weighted by Crippen LogP contribution is 2.29. The van der Waals surface area contributed by atoms with Gasteiger partial charge in [-0.1, -0.05) is 60.7 Å².